The number of rotatable bonds is 9. The highest BCUT2D eigenvalue weighted by Crippen LogP contribution is 2.30. The highest BCUT2D eigenvalue weighted by Gasteiger charge is 2.17. The molecule has 0 unspecified atom stereocenters. The Morgan fingerprint density at radius 3 is 2.17 bits per heavy atom. The molecule has 10 heteroatoms. The van der Waals surface area contributed by atoms with Gasteiger partial charge >= 0.3 is 5.76 Å². The molecule has 0 radical (unpaired) electrons. The molecule has 0 aliphatic carbocycles. The molecular formula is C31H30N4O5S. The van der Waals surface area contributed by atoms with E-state index in [0.29, 0.717) is 36.6 Å². The molecule has 0 aliphatic heterocycles. The van der Waals surface area contributed by atoms with E-state index in [-0.39, 0.29) is 10.5 Å². The van der Waals surface area contributed by atoms with E-state index in [1.54, 1.807) is 28.8 Å². The first-order valence-electron chi connectivity index (χ1n) is 13.3. The molecule has 0 saturated heterocycles. The molecule has 0 fully saturated rings. The zero-order valence-corrected chi connectivity index (χ0v) is 23.9. The summed E-state index contributed by atoms with van der Waals surface area (Å²) < 4.78 is 30.0. The van der Waals surface area contributed by atoms with E-state index < -0.39 is 15.6 Å². The van der Waals surface area contributed by atoms with Gasteiger partial charge in [-0.2, -0.15) is 0 Å². The Kier molecular flexibility index (Phi) is 7.85. The number of aromatic nitrogens is 4. The van der Waals surface area contributed by atoms with E-state index in [1.165, 1.54) is 6.26 Å². The molecule has 2 aromatic heterocycles. The topological polar surface area (TPSA) is 128 Å². The van der Waals surface area contributed by atoms with Gasteiger partial charge in [0.1, 0.15) is 5.82 Å². The zero-order chi connectivity index (χ0) is 29.1. The van der Waals surface area contributed by atoms with E-state index in [4.69, 9.17) is 4.98 Å². The average molecular weight is 571 g/mol. The number of nitrogens with one attached hydrogen (secondary N) is 1. The molecule has 0 bridgehead atoms. The van der Waals surface area contributed by atoms with Gasteiger partial charge in [0.25, 0.3) is 5.56 Å². The van der Waals surface area contributed by atoms with Gasteiger partial charge in [0.15, 0.2) is 15.7 Å². The number of sulfone groups is 1. The van der Waals surface area contributed by atoms with Gasteiger partial charge < -0.3 is 0 Å². The fourth-order valence-electron chi connectivity index (χ4n) is 4.88. The number of aromatic amines is 1. The molecule has 5 rings (SSSR count). The molecule has 9 nitrogen and oxygen atoms in total. The lowest BCUT2D eigenvalue weighted by Gasteiger charge is -2.16. The van der Waals surface area contributed by atoms with Crippen LogP contribution in [-0.2, 0) is 29.2 Å². The summed E-state index contributed by atoms with van der Waals surface area (Å²) in [6.07, 6.45) is 3.14. The Morgan fingerprint density at radius 1 is 0.902 bits per heavy atom. The minimum atomic E-state index is -3.30. The number of hydrogen-bond donors (Lipinski definition) is 1. The molecule has 1 N–H and O–H groups in total. The van der Waals surface area contributed by atoms with E-state index in [2.05, 4.69) is 21.6 Å². The lowest BCUT2D eigenvalue weighted by atomic mass is 9.96. The standard InChI is InChI=1S/C31H30N4O5S/c1-4-7-28-27(30(36)35(20(2)32-28)19-22-12-16-24(17-13-22)41(3,38)39)18-21-10-14-23(15-11-21)25-8-5-6-9-26(25)29-33-31(37)40-34-29/h5-6,8-17H,4,7,18-19H2,1-3H3,(H,33,34,37). The number of H-pyrrole nitrogens is 1. The maximum Gasteiger partial charge on any atom is 0.439 e. The second-order valence-electron chi connectivity index (χ2n) is 10.0. The lowest BCUT2D eigenvalue weighted by molar-refractivity contribution is 0.388. The van der Waals surface area contributed by atoms with Crippen LogP contribution in [0.2, 0.25) is 0 Å². The van der Waals surface area contributed by atoms with Gasteiger partial charge in [-0.1, -0.05) is 79.2 Å². The van der Waals surface area contributed by atoms with Gasteiger partial charge in [0.2, 0.25) is 0 Å². The highest BCUT2D eigenvalue weighted by atomic mass is 32.2. The van der Waals surface area contributed by atoms with Crippen LogP contribution in [0, 0.1) is 6.92 Å². The minimum absolute atomic E-state index is 0.0995. The van der Waals surface area contributed by atoms with Crippen LogP contribution < -0.4 is 11.3 Å². The second kappa shape index (κ2) is 11.5. The van der Waals surface area contributed by atoms with Crippen LogP contribution in [0.15, 0.2) is 91.8 Å². The quantitative estimate of drug-likeness (QED) is 0.275. The van der Waals surface area contributed by atoms with Crippen molar-refractivity contribution in [2.45, 2.75) is 44.6 Å². The SMILES string of the molecule is CCCc1nc(C)n(Cc2ccc(S(C)(=O)=O)cc2)c(=O)c1Cc1ccc(-c2ccccc2-c2noc(=O)[nH]2)cc1. The fraction of sp³-hybridized carbons (Fsp3) is 0.226. The Morgan fingerprint density at radius 2 is 1.56 bits per heavy atom. The van der Waals surface area contributed by atoms with Gasteiger partial charge in [-0.15, -0.1) is 0 Å². The Hall–Kier alpha value is -4.57. The monoisotopic (exact) mass is 570 g/mol. The normalized spacial score (nSPS) is 11.6. The zero-order valence-electron chi connectivity index (χ0n) is 23.0. The maximum atomic E-state index is 13.8. The maximum absolute atomic E-state index is 13.8. The van der Waals surface area contributed by atoms with Crippen LogP contribution in [-0.4, -0.2) is 34.4 Å². The van der Waals surface area contributed by atoms with Crippen molar-refractivity contribution in [1.82, 2.24) is 19.7 Å². The third kappa shape index (κ3) is 6.12. The van der Waals surface area contributed by atoms with Crippen molar-refractivity contribution in [3.63, 3.8) is 0 Å². The van der Waals surface area contributed by atoms with E-state index >= 15 is 0 Å². The van der Waals surface area contributed by atoms with Crippen molar-refractivity contribution < 1.29 is 12.9 Å². The lowest BCUT2D eigenvalue weighted by Crippen LogP contribution is -2.30. The minimum Gasteiger partial charge on any atom is -0.296 e. The van der Waals surface area contributed by atoms with Crippen molar-refractivity contribution in [2.24, 2.45) is 0 Å². The Balaban J connectivity index is 1.46. The van der Waals surface area contributed by atoms with Crippen LogP contribution in [0.5, 0.6) is 0 Å². The first kappa shape index (κ1) is 28.0. The summed E-state index contributed by atoms with van der Waals surface area (Å²) in [6, 6.07) is 22.1. The molecule has 3 aromatic carbocycles. The first-order valence-corrected chi connectivity index (χ1v) is 15.2. The highest BCUT2D eigenvalue weighted by molar-refractivity contribution is 7.90. The number of nitrogens with zero attached hydrogens (tertiary/aromatic N) is 3. The van der Waals surface area contributed by atoms with Crippen molar-refractivity contribution in [3.05, 3.63) is 122 Å². The van der Waals surface area contributed by atoms with Gasteiger partial charge in [0, 0.05) is 23.8 Å². The van der Waals surface area contributed by atoms with Gasteiger partial charge in [0.05, 0.1) is 17.1 Å². The Labute approximate surface area is 237 Å². The van der Waals surface area contributed by atoms with E-state index in [0.717, 1.165) is 39.9 Å². The van der Waals surface area contributed by atoms with Crippen molar-refractivity contribution in [3.8, 4) is 22.5 Å². The van der Waals surface area contributed by atoms with Gasteiger partial charge in [-0.25, -0.2) is 18.2 Å². The largest absolute Gasteiger partial charge is 0.439 e. The molecule has 5 aromatic rings. The first-order chi connectivity index (χ1) is 19.6. The summed E-state index contributed by atoms with van der Waals surface area (Å²) in [4.78, 5) is 32.9. The average Bonchev–Trinajstić information content (AvgIpc) is 3.39. The van der Waals surface area contributed by atoms with Crippen LogP contribution in [0.3, 0.4) is 0 Å². The van der Waals surface area contributed by atoms with Gasteiger partial charge in [-0.05, 0) is 47.7 Å². The molecule has 2 heterocycles. The smallest absolute Gasteiger partial charge is 0.296 e. The van der Waals surface area contributed by atoms with Crippen LogP contribution in [0.25, 0.3) is 22.5 Å². The van der Waals surface area contributed by atoms with Crippen molar-refractivity contribution in [2.75, 3.05) is 6.26 Å². The molecule has 0 aliphatic rings. The fourth-order valence-corrected chi connectivity index (χ4v) is 5.51. The van der Waals surface area contributed by atoms with Crippen molar-refractivity contribution in [1.29, 1.82) is 0 Å². The summed E-state index contributed by atoms with van der Waals surface area (Å²) in [6.45, 7) is 4.18. The molecule has 0 atom stereocenters. The summed E-state index contributed by atoms with van der Waals surface area (Å²) in [5, 5.41) is 3.83. The summed E-state index contributed by atoms with van der Waals surface area (Å²) in [7, 11) is -3.30. The van der Waals surface area contributed by atoms with Crippen LogP contribution in [0.1, 0.15) is 41.6 Å². The molecular weight excluding hydrogens is 540 g/mol. The molecule has 0 amide bonds. The van der Waals surface area contributed by atoms with E-state index in [1.807, 2.05) is 55.5 Å². The Bertz CT molecular complexity index is 1920. The van der Waals surface area contributed by atoms with Crippen LogP contribution >= 0.6 is 0 Å². The second-order valence-corrected chi connectivity index (χ2v) is 12.0. The summed E-state index contributed by atoms with van der Waals surface area (Å²) >= 11 is 0. The summed E-state index contributed by atoms with van der Waals surface area (Å²) in [5.41, 5.74) is 5.68. The predicted octanol–water partition coefficient (Wildman–Crippen LogP) is 4.56. The van der Waals surface area contributed by atoms with Crippen LogP contribution in [0.4, 0.5) is 0 Å². The van der Waals surface area contributed by atoms with Gasteiger partial charge in [-0.3, -0.25) is 18.9 Å². The third-order valence-corrected chi connectivity index (χ3v) is 8.11. The van der Waals surface area contributed by atoms with E-state index in [9.17, 15) is 18.0 Å². The molecule has 41 heavy (non-hydrogen) atoms. The molecule has 0 spiro atoms. The third-order valence-electron chi connectivity index (χ3n) is 6.99. The molecule has 210 valence electrons. The molecule has 0 saturated carbocycles. The predicted molar refractivity (Wildman–Crippen MR) is 157 cm³/mol. The summed E-state index contributed by atoms with van der Waals surface area (Å²) in [5.74, 6) is 0.361. The number of aryl methyl sites for hydroxylation is 2. The number of hydrogen-bond acceptors (Lipinski definition) is 7. The van der Waals surface area contributed by atoms with Crippen molar-refractivity contribution >= 4 is 9.84 Å². The number of benzene rings is 3.